The van der Waals surface area contributed by atoms with Gasteiger partial charge in [0, 0.05) is 23.0 Å². The number of nitrogens with one attached hydrogen (secondary N) is 1. The fourth-order valence-electron chi connectivity index (χ4n) is 4.32. The molecule has 0 saturated carbocycles. The first-order valence-electron chi connectivity index (χ1n) is 11.9. The van der Waals surface area contributed by atoms with E-state index in [1.165, 1.54) is 24.4 Å². The van der Waals surface area contributed by atoms with E-state index >= 15 is 0 Å². The topological polar surface area (TPSA) is 88.6 Å². The van der Waals surface area contributed by atoms with Crippen LogP contribution in [0.5, 0.6) is 5.88 Å². The SMILES string of the molecule is O=C(Nc1ccccc1)n1c(/C=C2\C=Nc3ccccc32)c(O)n(Cc2cc(C(F)(F)F)cc(C(F)(F)F)c2)c1=O. The maximum atomic E-state index is 13.4. The standard InChI is InChI=1S/C28H18F6N4O3/c29-27(30,31)18-10-16(11-19(13-18)28(32,33)34)15-37-24(39)23(12-17-14-35-22-9-5-4-8-21(17)22)38(26(37)41)25(40)36-20-6-2-1-3-7-20/h1-14,39H,15H2,(H,36,40)/b17-12+. The number of amides is 1. The predicted molar refractivity (Wildman–Crippen MR) is 139 cm³/mol. The summed E-state index contributed by atoms with van der Waals surface area (Å²) in [6.07, 6.45) is -7.53. The molecule has 0 bridgehead atoms. The number of rotatable bonds is 4. The van der Waals surface area contributed by atoms with Gasteiger partial charge in [0.25, 0.3) is 0 Å². The Morgan fingerprint density at radius 2 is 1.51 bits per heavy atom. The number of alkyl halides is 6. The molecular weight excluding hydrogens is 554 g/mol. The monoisotopic (exact) mass is 572 g/mol. The molecule has 0 fully saturated rings. The van der Waals surface area contributed by atoms with Gasteiger partial charge in [-0.15, -0.1) is 0 Å². The van der Waals surface area contributed by atoms with E-state index in [4.69, 9.17) is 0 Å². The highest BCUT2D eigenvalue weighted by Crippen LogP contribution is 2.37. The molecule has 1 aliphatic heterocycles. The van der Waals surface area contributed by atoms with Crippen molar-refractivity contribution in [1.82, 2.24) is 9.13 Å². The first-order valence-corrected chi connectivity index (χ1v) is 11.9. The maximum Gasteiger partial charge on any atom is 0.416 e. The number of aliphatic imine (C=N–C) groups is 1. The zero-order valence-electron chi connectivity index (χ0n) is 20.7. The molecule has 13 heteroatoms. The summed E-state index contributed by atoms with van der Waals surface area (Å²) in [4.78, 5) is 30.9. The maximum absolute atomic E-state index is 13.4. The van der Waals surface area contributed by atoms with Gasteiger partial charge in [0.2, 0.25) is 5.88 Å². The second-order valence-electron chi connectivity index (χ2n) is 9.00. The Kier molecular flexibility index (Phi) is 6.81. The molecule has 0 atom stereocenters. The molecule has 1 amide bonds. The highest BCUT2D eigenvalue weighted by molar-refractivity contribution is 6.21. The van der Waals surface area contributed by atoms with Crippen LogP contribution in [0.4, 0.5) is 42.5 Å². The summed E-state index contributed by atoms with van der Waals surface area (Å²) in [5.74, 6) is -0.852. The van der Waals surface area contributed by atoms with Gasteiger partial charge in [-0.05, 0) is 48.0 Å². The number of halogens is 6. The number of imidazole rings is 1. The molecule has 41 heavy (non-hydrogen) atoms. The zero-order chi connectivity index (χ0) is 29.5. The van der Waals surface area contributed by atoms with E-state index < -0.39 is 53.2 Å². The average molecular weight is 572 g/mol. The number of benzene rings is 3. The van der Waals surface area contributed by atoms with Crippen LogP contribution in [-0.4, -0.2) is 26.5 Å². The van der Waals surface area contributed by atoms with Crippen LogP contribution in [-0.2, 0) is 18.9 Å². The molecule has 210 valence electrons. The number of aromatic hydroxyl groups is 1. The number of hydrogen-bond acceptors (Lipinski definition) is 4. The number of carbonyl (C=O) groups is 1. The van der Waals surface area contributed by atoms with Crippen LogP contribution < -0.4 is 11.0 Å². The number of nitrogens with zero attached hydrogens (tertiary/aromatic N) is 3. The number of anilines is 1. The summed E-state index contributed by atoms with van der Waals surface area (Å²) >= 11 is 0. The first kappa shape index (κ1) is 27.5. The summed E-state index contributed by atoms with van der Waals surface area (Å²) in [5.41, 5.74) is -3.43. The Labute approximate surface area is 227 Å². The molecule has 0 spiro atoms. The molecule has 1 aromatic heterocycles. The molecular formula is C28H18F6N4O3. The van der Waals surface area contributed by atoms with Crippen LogP contribution in [0.3, 0.4) is 0 Å². The molecule has 0 aliphatic carbocycles. The van der Waals surface area contributed by atoms with Crippen molar-refractivity contribution in [3.05, 3.63) is 111 Å². The van der Waals surface area contributed by atoms with E-state index in [0.717, 1.165) is 0 Å². The van der Waals surface area contributed by atoms with Crippen molar-refractivity contribution in [1.29, 1.82) is 0 Å². The third kappa shape index (κ3) is 5.51. The molecule has 7 nitrogen and oxygen atoms in total. The Morgan fingerprint density at radius 3 is 2.15 bits per heavy atom. The fourth-order valence-corrected chi connectivity index (χ4v) is 4.32. The summed E-state index contributed by atoms with van der Waals surface area (Å²) in [7, 11) is 0. The van der Waals surface area contributed by atoms with E-state index in [9.17, 15) is 41.0 Å². The summed E-state index contributed by atoms with van der Waals surface area (Å²) in [5, 5.41) is 13.5. The second-order valence-corrected chi connectivity index (χ2v) is 9.00. The van der Waals surface area contributed by atoms with Crippen molar-refractivity contribution in [3.63, 3.8) is 0 Å². The lowest BCUT2D eigenvalue weighted by Crippen LogP contribution is -2.33. The molecule has 0 saturated heterocycles. The minimum absolute atomic E-state index is 0.0443. The molecule has 3 aromatic carbocycles. The van der Waals surface area contributed by atoms with Crippen LogP contribution >= 0.6 is 0 Å². The third-order valence-corrected chi connectivity index (χ3v) is 6.21. The summed E-state index contributed by atoms with van der Waals surface area (Å²) in [6, 6.07) is 14.6. The smallest absolute Gasteiger partial charge is 0.416 e. The largest absolute Gasteiger partial charge is 0.493 e. The van der Waals surface area contributed by atoms with E-state index in [1.807, 2.05) is 0 Å². The number of carbonyl (C=O) groups excluding carboxylic acids is 1. The normalized spacial score (nSPS) is 14.0. The van der Waals surface area contributed by atoms with Crippen molar-refractivity contribution in [2.45, 2.75) is 18.9 Å². The molecule has 4 aromatic rings. The minimum atomic E-state index is -5.12. The zero-order valence-corrected chi connectivity index (χ0v) is 20.7. The van der Waals surface area contributed by atoms with Crippen molar-refractivity contribution >= 4 is 35.3 Å². The predicted octanol–water partition coefficient (Wildman–Crippen LogP) is 6.78. The second kappa shape index (κ2) is 10.2. The first-order chi connectivity index (χ1) is 19.3. The van der Waals surface area contributed by atoms with E-state index in [-0.39, 0.29) is 17.4 Å². The van der Waals surface area contributed by atoms with E-state index in [0.29, 0.717) is 38.1 Å². The number of hydrogen-bond donors (Lipinski definition) is 2. The lowest BCUT2D eigenvalue weighted by molar-refractivity contribution is -0.143. The van der Waals surface area contributed by atoms with Crippen LogP contribution in [0.2, 0.25) is 0 Å². The van der Waals surface area contributed by atoms with Gasteiger partial charge >= 0.3 is 24.1 Å². The quantitative estimate of drug-likeness (QED) is 0.265. The summed E-state index contributed by atoms with van der Waals surface area (Å²) in [6.45, 7) is -0.899. The number of aromatic nitrogens is 2. The van der Waals surface area contributed by atoms with Crippen LogP contribution in [0.25, 0.3) is 11.6 Å². The van der Waals surface area contributed by atoms with E-state index in [2.05, 4.69) is 10.3 Å². The average Bonchev–Trinajstić information content (AvgIpc) is 3.42. The van der Waals surface area contributed by atoms with Crippen molar-refractivity contribution < 1.29 is 36.2 Å². The van der Waals surface area contributed by atoms with Gasteiger partial charge in [0.05, 0.1) is 23.4 Å². The van der Waals surface area contributed by atoms with Crippen LogP contribution in [0.1, 0.15) is 27.9 Å². The highest BCUT2D eigenvalue weighted by Gasteiger charge is 2.37. The Balaban J connectivity index is 1.65. The highest BCUT2D eigenvalue weighted by atomic mass is 19.4. The van der Waals surface area contributed by atoms with Gasteiger partial charge in [-0.25, -0.2) is 14.2 Å². The van der Waals surface area contributed by atoms with Crippen LogP contribution in [0, 0.1) is 0 Å². The van der Waals surface area contributed by atoms with E-state index in [1.54, 1.807) is 42.5 Å². The molecule has 0 unspecified atom stereocenters. The molecule has 0 radical (unpaired) electrons. The lowest BCUT2D eigenvalue weighted by Gasteiger charge is -2.14. The van der Waals surface area contributed by atoms with Crippen molar-refractivity contribution in [2.75, 3.05) is 5.32 Å². The van der Waals surface area contributed by atoms with Gasteiger partial charge in [0.1, 0.15) is 5.69 Å². The van der Waals surface area contributed by atoms with Gasteiger partial charge in [0.15, 0.2) is 0 Å². The molecule has 5 rings (SSSR count). The van der Waals surface area contributed by atoms with Gasteiger partial charge in [-0.2, -0.15) is 26.3 Å². The van der Waals surface area contributed by atoms with Crippen molar-refractivity contribution in [3.8, 4) is 5.88 Å². The van der Waals surface area contributed by atoms with Crippen molar-refractivity contribution in [2.24, 2.45) is 4.99 Å². The third-order valence-electron chi connectivity index (χ3n) is 6.21. The Bertz CT molecular complexity index is 1730. The number of allylic oxidation sites excluding steroid dienone is 1. The van der Waals surface area contributed by atoms with Gasteiger partial charge in [-0.3, -0.25) is 9.56 Å². The minimum Gasteiger partial charge on any atom is -0.493 e. The summed E-state index contributed by atoms with van der Waals surface area (Å²) < 4.78 is 81.5. The van der Waals surface area contributed by atoms with Gasteiger partial charge < -0.3 is 10.4 Å². The lowest BCUT2D eigenvalue weighted by atomic mass is 10.0. The Morgan fingerprint density at radius 1 is 0.902 bits per heavy atom. The van der Waals surface area contributed by atoms with Gasteiger partial charge in [-0.1, -0.05) is 36.4 Å². The Hall–Kier alpha value is -5.07. The number of fused-ring (bicyclic) bond motifs is 1. The molecule has 2 heterocycles. The van der Waals surface area contributed by atoms with Crippen LogP contribution in [0.15, 0.2) is 82.6 Å². The molecule has 1 aliphatic rings. The fraction of sp³-hybridized carbons (Fsp3) is 0.107. The molecule has 2 N–H and O–H groups in total. The number of para-hydroxylation sites is 2.